The molecule has 0 aromatic heterocycles. The van der Waals surface area contributed by atoms with E-state index in [1.165, 1.54) is 18.0 Å². The molecule has 0 bridgehead atoms. The van der Waals surface area contributed by atoms with Crippen LogP contribution in [0.25, 0.3) is 0 Å². The van der Waals surface area contributed by atoms with Crippen LogP contribution < -0.4 is 4.31 Å². The number of rotatable bonds is 6. The highest BCUT2D eigenvalue weighted by atomic mass is 35.5. The zero-order valence-corrected chi connectivity index (χ0v) is 15.4. The molecule has 1 heterocycles. The molecule has 2 aromatic rings. The van der Waals surface area contributed by atoms with E-state index in [-0.39, 0.29) is 12.1 Å². The second kappa shape index (κ2) is 8.14. The summed E-state index contributed by atoms with van der Waals surface area (Å²) >= 11 is 7.47. The van der Waals surface area contributed by atoms with Gasteiger partial charge in [0.05, 0.1) is 12.3 Å². The van der Waals surface area contributed by atoms with Crippen LogP contribution in [0.15, 0.2) is 52.7 Å². The first-order valence-corrected chi connectivity index (χ1v) is 9.31. The van der Waals surface area contributed by atoms with Crippen molar-refractivity contribution in [2.75, 3.05) is 10.6 Å². The number of anilines is 1. The highest BCUT2D eigenvalue weighted by Crippen LogP contribution is 2.27. The molecule has 8 heteroatoms. The van der Waals surface area contributed by atoms with Gasteiger partial charge in [-0.15, -0.1) is 0 Å². The third-order valence-electron chi connectivity index (χ3n) is 3.92. The maximum absolute atomic E-state index is 14.5. The lowest BCUT2D eigenvalue weighted by Gasteiger charge is -2.22. The summed E-state index contributed by atoms with van der Waals surface area (Å²) in [5, 5.41) is 7.81. The van der Waals surface area contributed by atoms with Crippen molar-refractivity contribution in [1.29, 1.82) is 0 Å². The van der Waals surface area contributed by atoms with Gasteiger partial charge >= 0.3 is 0 Å². The molecule has 0 amide bonds. The summed E-state index contributed by atoms with van der Waals surface area (Å²) in [4.78, 5) is 0. The Morgan fingerprint density at radius 2 is 2.00 bits per heavy atom. The fourth-order valence-electron chi connectivity index (χ4n) is 2.55. The van der Waals surface area contributed by atoms with Gasteiger partial charge in [0.15, 0.2) is 0 Å². The van der Waals surface area contributed by atoms with Crippen LogP contribution in [0.1, 0.15) is 17.5 Å². The van der Waals surface area contributed by atoms with E-state index in [4.69, 9.17) is 11.6 Å². The van der Waals surface area contributed by atoms with Crippen LogP contribution in [-0.2, 0) is 6.54 Å². The normalized spacial score (nSPS) is 13.8. The fraction of sp³-hybridized carbons (Fsp3) is 0.222. The van der Waals surface area contributed by atoms with Crippen LogP contribution in [0.5, 0.6) is 0 Å². The Morgan fingerprint density at radius 1 is 1.19 bits per heavy atom. The van der Waals surface area contributed by atoms with E-state index in [1.807, 2.05) is 22.7 Å². The number of halogens is 4. The van der Waals surface area contributed by atoms with Gasteiger partial charge < -0.3 is 4.31 Å². The van der Waals surface area contributed by atoms with Crippen molar-refractivity contribution in [3.05, 3.63) is 64.4 Å². The summed E-state index contributed by atoms with van der Waals surface area (Å²) < 4.78 is 41.8. The minimum absolute atomic E-state index is 0.0596. The van der Waals surface area contributed by atoms with E-state index in [1.54, 1.807) is 24.3 Å². The molecule has 0 saturated heterocycles. The predicted octanol–water partition coefficient (Wildman–Crippen LogP) is 5.58. The molecule has 0 unspecified atom stereocenters. The van der Waals surface area contributed by atoms with Crippen LogP contribution in [0.2, 0.25) is 5.02 Å². The molecule has 136 valence electrons. The molecule has 0 radical (unpaired) electrons. The molecule has 1 aliphatic rings. The van der Waals surface area contributed by atoms with Crippen molar-refractivity contribution in [2.45, 2.75) is 19.4 Å². The first-order chi connectivity index (χ1) is 12.5. The first kappa shape index (κ1) is 18.8. The molecule has 2 aromatic carbocycles. The van der Waals surface area contributed by atoms with Crippen molar-refractivity contribution >= 4 is 40.7 Å². The van der Waals surface area contributed by atoms with Gasteiger partial charge in [-0.25, -0.2) is 13.2 Å². The molecule has 3 rings (SSSR count). The van der Waals surface area contributed by atoms with Crippen LogP contribution in [0.3, 0.4) is 0 Å². The molecule has 0 atom stereocenters. The average molecular weight is 398 g/mol. The lowest BCUT2D eigenvalue weighted by Crippen LogP contribution is -2.15. The number of hydrogen-bond donors (Lipinski definition) is 0. The molecule has 0 aliphatic carbocycles. The third-order valence-corrected chi connectivity index (χ3v) is 4.93. The highest BCUT2D eigenvalue weighted by Gasteiger charge is 2.22. The van der Waals surface area contributed by atoms with Crippen molar-refractivity contribution in [1.82, 2.24) is 0 Å². The van der Waals surface area contributed by atoms with E-state index in [9.17, 15) is 13.2 Å². The minimum Gasteiger partial charge on any atom is -0.312 e. The Bertz CT molecular complexity index is 871. The van der Waals surface area contributed by atoms with Gasteiger partial charge in [-0.2, -0.15) is 10.2 Å². The summed E-state index contributed by atoms with van der Waals surface area (Å²) in [6.07, 6.45) is -0.812. The molecule has 3 nitrogen and oxygen atoms in total. The Labute approximate surface area is 158 Å². The topological polar surface area (TPSA) is 28.0 Å². The molecule has 0 spiro atoms. The molecule has 0 fully saturated rings. The molecule has 26 heavy (non-hydrogen) atoms. The second-order valence-electron chi connectivity index (χ2n) is 5.62. The van der Waals surface area contributed by atoms with E-state index in [2.05, 4.69) is 10.2 Å². The Kier molecular flexibility index (Phi) is 5.88. The highest BCUT2D eigenvalue weighted by molar-refractivity contribution is 7.99. The van der Waals surface area contributed by atoms with Gasteiger partial charge in [-0.1, -0.05) is 41.7 Å². The summed E-state index contributed by atoms with van der Waals surface area (Å²) in [5.41, 5.74) is 1.87. The second-order valence-corrected chi connectivity index (χ2v) is 6.86. The third kappa shape index (κ3) is 4.22. The van der Waals surface area contributed by atoms with Crippen molar-refractivity contribution in [3.8, 4) is 0 Å². The Balaban J connectivity index is 1.76. The standard InChI is InChI=1S/C18H15ClF3N3S/c1-26-25(14-4-2-3-13(19)8-14)10-12-6-5-11(7-15(12)20)16-9-17(18(21)22)24-23-16/h2-8,18H,9-10H2,1H3. The van der Waals surface area contributed by atoms with Crippen LogP contribution in [-0.4, -0.2) is 24.1 Å². The summed E-state index contributed by atoms with van der Waals surface area (Å²) in [6.45, 7) is 0.332. The SMILES string of the molecule is CSN(Cc1ccc(C2=NN=C(C(F)F)C2)cc1F)c1cccc(Cl)c1. The van der Waals surface area contributed by atoms with Gasteiger partial charge in [-0.05, 0) is 24.3 Å². The van der Waals surface area contributed by atoms with Crippen molar-refractivity contribution < 1.29 is 13.2 Å². The van der Waals surface area contributed by atoms with E-state index < -0.39 is 12.2 Å². The Morgan fingerprint density at radius 3 is 2.62 bits per heavy atom. The van der Waals surface area contributed by atoms with Crippen LogP contribution in [0, 0.1) is 5.82 Å². The van der Waals surface area contributed by atoms with Crippen LogP contribution >= 0.6 is 23.5 Å². The Hall–Kier alpha value is -1.99. The first-order valence-electron chi connectivity index (χ1n) is 7.75. The predicted molar refractivity (Wildman–Crippen MR) is 102 cm³/mol. The van der Waals surface area contributed by atoms with Gasteiger partial charge in [-0.3, -0.25) is 0 Å². The molecular formula is C18H15ClF3N3S. The molecule has 0 saturated carbocycles. The molecular weight excluding hydrogens is 383 g/mol. The largest absolute Gasteiger partial charge is 0.312 e. The van der Waals surface area contributed by atoms with E-state index >= 15 is 0 Å². The summed E-state index contributed by atoms with van der Waals surface area (Å²) in [6, 6.07) is 11.9. The maximum atomic E-state index is 14.5. The molecule has 0 N–H and O–H groups in total. The van der Waals surface area contributed by atoms with Crippen LogP contribution in [0.4, 0.5) is 18.9 Å². The number of hydrogen-bond acceptors (Lipinski definition) is 4. The number of benzene rings is 2. The van der Waals surface area contributed by atoms with E-state index in [0.29, 0.717) is 28.4 Å². The van der Waals surface area contributed by atoms with Crippen molar-refractivity contribution in [2.24, 2.45) is 10.2 Å². The van der Waals surface area contributed by atoms with E-state index in [0.717, 1.165) is 5.69 Å². The zero-order valence-electron chi connectivity index (χ0n) is 13.8. The smallest absolute Gasteiger partial charge is 0.278 e. The lowest BCUT2D eigenvalue weighted by molar-refractivity contribution is 0.224. The quantitative estimate of drug-likeness (QED) is 0.595. The maximum Gasteiger partial charge on any atom is 0.278 e. The van der Waals surface area contributed by atoms with Crippen molar-refractivity contribution in [3.63, 3.8) is 0 Å². The molecule has 1 aliphatic heterocycles. The zero-order chi connectivity index (χ0) is 18.7. The van der Waals surface area contributed by atoms with Gasteiger partial charge in [0.1, 0.15) is 11.5 Å². The van der Waals surface area contributed by atoms with Gasteiger partial charge in [0.2, 0.25) is 0 Å². The van der Waals surface area contributed by atoms with Gasteiger partial charge in [0, 0.05) is 34.5 Å². The fourth-order valence-corrected chi connectivity index (χ4v) is 3.33. The summed E-state index contributed by atoms with van der Waals surface area (Å²) in [7, 11) is 0. The number of nitrogens with zero attached hydrogens (tertiary/aromatic N) is 3. The monoisotopic (exact) mass is 397 g/mol. The average Bonchev–Trinajstić information content (AvgIpc) is 3.11. The lowest BCUT2D eigenvalue weighted by atomic mass is 10.0. The number of alkyl halides is 2. The minimum atomic E-state index is -2.65. The van der Waals surface area contributed by atoms with Gasteiger partial charge in [0.25, 0.3) is 6.43 Å². The summed E-state index contributed by atoms with van der Waals surface area (Å²) in [5.74, 6) is -0.420.